The van der Waals surface area contributed by atoms with Crippen LogP contribution in [-0.4, -0.2) is 50.6 Å². The number of hydrogen-bond acceptors (Lipinski definition) is 4. The Morgan fingerprint density at radius 2 is 1.68 bits per heavy atom. The van der Waals surface area contributed by atoms with Crippen molar-refractivity contribution < 1.29 is 22.0 Å². The zero-order chi connectivity index (χ0) is 20.3. The first-order chi connectivity index (χ1) is 13.2. The summed E-state index contributed by atoms with van der Waals surface area (Å²) in [6, 6.07) is 10.5. The summed E-state index contributed by atoms with van der Waals surface area (Å²) in [5.74, 6) is -3.34. The maximum Gasteiger partial charge on any atom is 0.241 e. The fourth-order valence-corrected chi connectivity index (χ4v) is 4.43. The molecule has 2 aromatic rings. The third-order valence-corrected chi connectivity index (χ3v) is 6.24. The molecule has 28 heavy (non-hydrogen) atoms. The Labute approximate surface area is 162 Å². The molecule has 1 N–H and O–H groups in total. The molecule has 0 radical (unpaired) electrons. The monoisotopic (exact) mass is 409 g/mol. The topological polar surface area (TPSA) is 69.7 Å². The first-order valence-corrected chi connectivity index (χ1v) is 10.4. The number of piperazine rings is 1. The van der Waals surface area contributed by atoms with Gasteiger partial charge in [0.2, 0.25) is 15.9 Å². The van der Waals surface area contributed by atoms with E-state index < -0.39 is 33.3 Å². The molecule has 1 aliphatic heterocycles. The fraction of sp³-hybridized carbons (Fsp3) is 0.316. The van der Waals surface area contributed by atoms with Gasteiger partial charge in [0, 0.05) is 43.6 Å². The molecule has 1 aliphatic rings. The van der Waals surface area contributed by atoms with Gasteiger partial charge in [-0.1, -0.05) is 12.1 Å². The minimum Gasteiger partial charge on any atom is -0.369 e. The summed E-state index contributed by atoms with van der Waals surface area (Å²) < 4.78 is 52.7. The molecule has 0 aliphatic carbocycles. The highest BCUT2D eigenvalue weighted by Gasteiger charge is 2.29. The number of hydrogen-bond donors (Lipinski definition) is 1. The number of nitrogens with zero attached hydrogens (tertiary/aromatic N) is 2. The minimum atomic E-state index is -3.83. The average molecular weight is 409 g/mol. The number of rotatable bonds is 5. The average Bonchev–Trinajstić information content (AvgIpc) is 2.60. The van der Waals surface area contributed by atoms with E-state index in [1.54, 1.807) is 0 Å². The number of anilines is 2. The Morgan fingerprint density at radius 1 is 1.04 bits per heavy atom. The third kappa shape index (κ3) is 5.05. The lowest BCUT2D eigenvalue weighted by molar-refractivity contribution is -0.113. The minimum absolute atomic E-state index is 0.123. The molecule has 0 unspecified atom stereocenters. The van der Waals surface area contributed by atoms with E-state index >= 15 is 0 Å². The van der Waals surface area contributed by atoms with Gasteiger partial charge in [-0.05, 0) is 36.8 Å². The summed E-state index contributed by atoms with van der Waals surface area (Å²) in [5, 5.41) is 2.22. The van der Waals surface area contributed by atoms with Crippen molar-refractivity contribution >= 4 is 27.3 Å². The molecule has 0 aromatic heterocycles. The van der Waals surface area contributed by atoms with Crippen LogP contribution < -0.4 is 10.2 Å². The first-order valence-electron chi connectivity index (χ1n) is 8.78. The molecule has 0 bridgehead atoms. The van der Waals surface area contributed by atoms with Crippen LogP contribution >= 0.6 is 0 Å². The van der Waals surface area contributed by atoms with Crippen LogP contribution in [-0.2, 0) is 14.8 Å². The number of carbonyl (C=O) groups is 1. The zero-order valence-corrected chi connectivity index (χ0v) is 16.2. The molecule has 3 rings (SSSR count). The van der Waals surface area contributed by atoms with E-state index in [1.165, 1.54) is 4.31 Å². The summed E-state index contributed by atoms with van der Waals surface area (Å²) in [7, 11) is -3.83. The van der Waals surface area contributed by atoms with E-state index in [9.17, 15) is 22.0 Å². The van der Waals surface area contributed by atoms with E-state index in [-0.39, 0.29) is 18.8 Å². The summed E-state index contributed by atoms with van der Waals surface area (Å²) in [5.41, 5.74) is 2.03. The Kier molecular flexibility index (Phi) is 5.95. The van der Waals surface area contributed by atoms with Gasteiger partial charge in [0.1, 0.15) is 17.4 Å². The van der Waals surface area contributed by atoms with Crippen LogP contribution in [0.5, 0.6) is 0 Å². The van der Waals surface area contributed by atoms with Crippen molar-refractivity contribution in [2.24, 2.45) is 0 Å². The normalized spacial score (nSPS) is 15.5. The maximum absolute atomic E-state index is 13.2. The van der Waals surface area contributed by atoms with Crippen LogP contribution in [0.25, 0.3) is 0 Å². The molecule has 1 fully saturated rings. The quantitative estimate of drug-likeness (QED) is 0.823. The molecule has 1 amide bonds. The lowest BCUT2D eigenvalue weighted by Gasteiger charge is -2.35. The van der Waals surface area contributed by atoms with Crippen LogP contribution in [0.2, 0.25) is 0 Å². The summed E-state index contributed by atoms with van der Waals surface area (Å²) >= 11 is 0. The molecule has 9 heteroatoms. The maximum atomic E-state index is 13.2. The van der Waals surface area contributed by atoms with Crippen LogP contribution in [0.3, 0.4) is 0 Å². The molecule has 0 atom stereocenters. The van der Waals surface area contributed by atoms with Gasteiger partial charge in [-0.25, -0.2) is 17.2 Å². The third-order valence-electron chi connectivity index (χ3n) is 4.46. The number of halogens is 2. The van der Waals surface area contributed by atoms with Crippen LogP contribution in [0, 0.1) is 18.6 Å². The number of sulfonamides is 1. The number of nitrogens with one attached hydrogen (secondary N) is 1. The predicted molar refractivity (Wildman–Crippen MR) is 104 cm³/mol. The SMILES string of the molecule is Cc1cccc(N2CCN(S(=O)(=O)CC(=O)Nc3cc(F)cc(F)c3)CC2)c1. The summed E-state index contributed by atoms with van der Waals surface area (Å²) in [6.45, 7) is 3.54. The van der Waals surface area contributed by atoms with Crippen molar-refractivity contribution in [1.29, 1.82) is 0 Å². The second kappa shape index (κ2) is 8.24. The summed E-state index contributed by atoms with van der Waals surface area (Å²) in [6.07, 6.45) is 0. The van der Waals surface area contributed by atoms with Gasteiger partial charge in [-0.3, -0.25) is 4.79 Å². The van der Waals surface area contributed by atoms with E-state index in [2.05, 4.69) is 10.2 Å². The van der Waals surface area contributed by atoms with Crippen molar-refractivity contribution in [3.8, 4) is 0 Å². The molecular weight excluding hydrogens is 388 g/mol. The Morgan fingerprint density at radius 3 is 2.29 bits per heavy atom. The fourth-order valence-electron chi connectivity index (χ4n) is 3.13. The van der Waals surface area contributed by atoms with Gasteiger partial charge in [0.25, 0.3) is 0 Å². The molecule has 0 saturated carbocycles. The van der Waals surface area contributed by atoms with E-state index in [0.29, 0.717) is 19.2 Å². The van der Waals surface area contributed by atoms with Crippen LogP contribution in [0.4, 0.5) is 20.2 Å². The lowest BCUT2D eigenvalue weighted by atomic mass is 10.2. The molecule has 1 saturated heterocycles. The molecule has 2 aromatic carbocycles. The van der Waals surface area contributed by atoms with Gasteiger partial charge in [0.15, 0.2) is 0 Å². The molecular formula is C19H21F2N3O3S. The molecule has 1 heterocycles. The van der Waals surface area contributed by atoms with Crippen molar-refractivity contribution in [3.05, 3.63) is 59.7 Å². The number of aryl methyl sites for hydroxylation is 1. The predicted octanol–water partition coefficient (Wildman–Crippen LogP) is 2.36. The summed E-state index contributed by atoms with van der Waals surface area (Å²) in [4.78, 5) is 14.1. The van der Waals surface area contributed by atoms with Crippen LogP contribution in [0.15, 0.2) is 42.5 Å². The number of benzene rings is 2. The smallest absolute Gasteiger partial charge is 0.241 e. The van der Waals surface area contributed by atoms with Crippen molar-refractivity contribution in [1.82, 2.24) is 4.31 Å². The van der Waals surface area contributed by atoms with Crippen molar-refractivity contribution in [3.63, 3.8) is 0 Å². The highest BCUT2D eigenvalue weighted by atomic mass is 32.2. The lowest BCUT2D eigenvalue weighted by Crippen LogP contribution is -2.50. The van der Waals surface area contributed by atoms with Gasteiger partial charge in [0.05, 0.1) is 0 Å². The standard InChI is InChI=1S/C19H21F2N3O3S/c1-14-3-2-4-18(9-14)23-5-7-24(8-6-23)28(26,27)13-19(25)22-17-11-15(20)10-16(21)12-17/h2-4,9-12H,5-8,13H2,1H3,(H,22,25). The molecule has 0 spiro atoms. The number of amides is 1. The zero-order valence-electron chi connectivity index (χ0n) is 15.4. The second-order valence-corrected chi connectivity index (χ2v) is 8.66. The highest BCUT2D eigenvalue weighted by Crippen LogP contribution is 2.19. The van der Waals surface area contributed by atoms with Gasteiger partial charge < -0.3 is 10.2 Å². The first kappa shape index (κ1) is 20.2. The second-order valence-electron chi connectivity index (χ2n) is 6.69. The van der Waals surface area contributed by atoms with Gasteiger partial charge in [-0.15, -0.1) is 0 Å². The largest absolute Gasteiger partial charge is 0.369 e. The van der Waals surface area contributed by atoms with Gasteiger partial charge in [-0.2, -0.15) is 4.31 Å². The highest BCUT2D eigenvalue weighted by molar-refractivity contribution is 7.89. The van der Waals surface area contributed by atoms with Crippen molar-refractivity contribution in [2.45, 2.75) is 6.92 Å². The molecule has 150 valence electrons. The van der Waals surface area contributed by atoms with Crippen LogP contribution in [0.1, 0.15) is 5.56 Å². The van der Waals surface area contributed by atoms with Gasteiger partial charge >= 0.3 is 0 Å². The Hall–Kier alpha value is -2.52. The van der Waals surface area contributed by atoms with E-state index in [0.717, 1.165) is 23.4 Å². The number of carbonyl (C=O) groups excluding carboxylic acids is 1. The molecule has 6 nitrogen and oxygen atoms in total. The Bertz CT molecular complexity index is 954. The van der Waals surface area contributed by atoms with Crippen molar-refractivity contribution in [2.75, 3.05) is 42.1 Å². The van der Waals surface area contributed by atoms with E-state index in [4.69, 9.17) is 0 Å². The Balaban J connectivity index is 1.58. The van der Waals surface area contributed by atoms with E-state index in [1.807, 2.05) is 31.2 Å².